The molecule has 1 aromatic carbocycles. The van der Waals surface area contributed by atoms with Crippen LogP contribution in [0.4, 0.5) is 17.1 Å². The lowest BCUT2D eigenvalue weighted by molar-refractivity contribution is -0.115. The lowest BCUT2D eigenvalue weighted by Crippen LogP contribution is -2.27. The number of amides is 1. The fraction of sp³-hybridized carbons (Fsp3) is 0.533. The van der Waals surface area contributed by atoms with E-state index in [1.165, 1.54) is 32.1 Å². The molecular weight excluding hydrogens is 238 g/mol. The Labute approximate surface area is 114 Å². The Morgan fingerprint density at radius 1 is 1.05 bits per heavy atom. The van der Waals surface area contributed by atoms with Crippen LogP contribution in [0.2, 0.25) is 0 Å². The summed E-state index contributed by atoms with van der Waals surface area (Å²) < 4.78 is 0. The van der Waals surface area contributed by atoms with Crippen LogP contribution in [-0.2, 0) is 11.2 Å². The first-order valence-corrected chi connectivity index (χ1v) is 7.21. The fourth-order valence-electron chi connectivity index (χ4n) is 3.04. The smallest absolute Gasteiger partial charge is 0.228 e. The minimum atomic E-state index is 0.0687. The van der Waals surface area contributed by atoms with Crippen molar-refractivity contribution in [2.24, 2.45) is 0 Å². The number of nitrogen functional groups attached to an aromatic ring is 1. The van der Waals surface area contributed by atoms with E-state index in [1.54, 1.807) is 0 Å². The van der Waals surface area contributed by atoms with Crippen LogP contribution in [0.25, 0.3) is 0 Å². The van der Waals surface area contributed by atoms with Gasteiger partial charge in [0, 0.05) is 18.8 Å². The number of benzene rings is 1. The summed E-state index contributed by atoms with van der Waals surface area (Å²) in [7, 11) is 0. The molecule has 0 radical (unpaired) electrons. The molecule has 1 fully saturated rings. The summed E-state index contributed by atoms with van der Waals surface area (Å²) in [6.07, 6.45) is 6.87. The van der Waals surface area contributed by atoms with Gasteiger partial charge < -0.3 is 16.0 Å². The molecule has 0 aromatic heterocycles. The summed E-state index contributed by atoms with van der Waals surface area (Å²) in [6, 6.07) is 4.01. The van der Waals surface area contributed by atoms with Gasteiger partial charge in [-0.2, -0.15) is 0 Å². The number of hydrogen-bond donors (Lipinski definition) is 2. The lowest BCUT2D eigenvalue weighted by atomic mass is 10.1. The van der Waals surface area contributed by atoms with Gasteiger partial charge in [-0.3, -0.25) is 4.79 Å². The maximum absolute atomic E-state index is 11.4. The van der Waals surface area contributed by atoms with Crippen LogP contribution < -0.4 is 16.0 Å². The molecule has 102 valence electrons. The van der Waals surface area contributed by atoms with E-state index in [2.05, 4.69) is 16.3 Å². The van der Waals surface area contributed by atoms with Crippen molar-refractivity contribution in [2.45, 2.75) is 38.5 Å². The number of rotatable bonds is 1. The normalized spacial score (nSPS) is 19.6. The second-order valence-electron chi connectivity index (χ2n) is 5.55. The van der Waals surface area contributed by atoms with E-state index < -0.39 is 0 Å². The Bertz CT molecular complexity index is 490. The molecule has 19 heavy (non-hydrogen) atoms. The van der Waals surface area contributed by atoms with E-state index in [0.717, 1.165) is 35.7 Å². The van der Waals surface area contributed by atoms with Crippen LogP contribution >= 0.6 is 0 Å². The average molecular weight is 259 g/mol. The van der Waals surface area contributed by atoms with Crippen LogP contribution in [0.3, 0.4) is 0 Å². The van der Waals surface area contributed by atoms with Crippen molar-refractivity contribution in [1.82, 2.24) is 0 Å². The zero-order chi connectivity index (χ0) is 13.2. The molecule has 1 amide bonds. The van der Waals surface area contributed by atoms with Gasteiger partial charge in [-0.1, -0.05) is 19.3 Å². The number of hydrogen-bond acceptors (Lipinski definition) is 3. The average Bonchev–Trinajstić information content (AvgIpc) is 2.67. The third-order valence-electron chi connectivity index (χ3n) is 4.07. The molecule has 0 spiro atoms. The Balaban J connectivity index is 1.87. The van der Waals surface area contributed by atoms with Gasteiger partial charge >= 0.3 is 0 Å². The number of fused-ring (bicyclic) bond motifs is 1. The maximum Gasteiger partial charge on any atom is 0.228 e. The predicted molar refractivity (Wildman–Crippen MR) is 78.5 cm³/mol. The minimum absolute atomic E-state index is 0.0687. The molecule has 2 aliphatic rings. The van der Waals surface area contributed by atoms with E-state index in [1.807, 2.05) is 6.07 Å². The number of carbonyl (C=O) groups excluding carboxylic acids is 1. The summed E-state index contributed by atoms with van der Waals surface area (Å²) >= 11 is 0. The largest absolute Gasteiger partial charge is 0.397 e. The standard InChI is InChI=1S/C15H21N3O/c16-12-8-11-9-15(19)17-13(11)10-14(12)18-6-4-2-1-3-5-7-18/h8,10H,1-7,9,16H2,(H,17,19). The van der Waals surface area contributed by atoms with Gasteiger partial charge in [0.15, 0.2) is 0 Å². The first-order valence-electron chi connectivity index (χ1n) is 7.21. The van der Waals surface area contributed by atoms with Gasteiger partial charge in [0.05, 0.1) is 17.8 Å². The molecule has 2 heterocycles. The van der Waals surface area contributed by atoms with Crippen molar-refractivity contribution in [1.29, 1.82) is 0 Å². The molecular formula is C15H21N3O. The molecule has 0 saturated carbocycles. The number of nitrogens with zero attached hydrogens (tertiary/aromatic N) is 1. The lowest BCUT2D eigenvalue weighted by Gasteiger charge is -2.28. The third kappa shape index (κ3) is 2.53. The molecule has 0 atom stereocenters. The zero-order valence-corrected chi connectivity index (χ0v) is 11.2. The van der Waals surface area contributed by atoms with E-state index in [9.17, 15) is 4.79 Å². The molecule has 0 aliphatic carbocycles. The maximum atomic E-state index is 11.4. The molecule has 1 aromatic rings. The monoisotopic (exact) mass is 259 g/mol. The first-order chi connectivity index (χ1) is 9.24. The van der Waals surface area contributed by atoms with Crippen LogP contribution in [0, 0.1) is 0 Å². The molecule has 0 unspecified atom stereocenters. The second kappa shape index (κ2) is 5.11. The van der Waals surface area contributed by atoms with Gasteiger partial charge in [-0.25, -0.2) is 0 Å². The molecule has 3 N–H and O–H groups in total. The summed E-state index contributed by atoms with van der Waals surface area (Å²) in [5.74, 6) is 0.0687. The molecule has 2 aliphatic heterocycles. The molecule has 0 bridgehead atoms. The van der Waals surface area contributed by atoms with Crippen molar-refractivity contribution in [3.05, 3.63) is 17.7 Å². The topological polar surface area (TPSA) is 58.4 Å². The van der Waals surface area contributed by atoms with Crippen LogP contribution in [0.1, 0.15) is 37.7 Å². The van der Waals surface area contributed by atoms with Gasteiger partial charge in [-0.15, -0.1) is 0 Å². The molecule has 3 rings (SSSR count). The highest BCUT2D eigenvalue weighted by Gasteiger charge is 2.21. The Morgan fingerprint density at radius 2 is 1.74 bits per heavy atom. The number of carbonyl (C=O) groups is 1. The number of nitrogens with two attached hydrogens (primary N) is 1. The van der Waals surface area contributed by atoms with E-state index >= 15 is 0 Å². The quantitative estimate of drug-likeness (QED) is 0.762. The first kappa shape index (κ1) is 12.3. The Kier molecular flexibility index (Phi) is 3.32. The third-order valence-corrected chi connectivity index (χ3v) is 4.07. The van der Waals surface area contributed by atoms with Crippen molar-refractivity contribution in [3.63, 3.8) is 0 Å². The van der Waals surface area contributed by atoms with Crippen molar-refractivity contribution in [3.8, 4) is 0 Å². The van der Waals surface area contributed by atoms with Crippen molar-refractivity contribution >= 4 is 23.0 Å². The van der Waals surface area contributed by atoms with E-state index in [-0.39, 0.29) is 5.91 Å². The number of anilines is 3. The van der Waals surface area contributed by atoms with E-state index in [0.29, 0.717) is 6.42 Å². The van der Waals surface area contributed by atoms with Gasteiger partial charge in [-0.05, 0) is 30.5 Å². The minimum Gasteiger partial charge on any atom is -0.397 e. The predicted octanol–water partition coefficient (Wildman–Crippen LogP) is 2.53. The highest BCUT2D eigenvalue weighted by Crippen LogP contribution is 2.34. The summed E-state index contributed by atoms with van der Waals surface area (Å²) in [5.41, 5.74) is 10.0. The zero-order valence-electron chi connectivity index (χ0n) is 11.2. The van der Waals surface area contributed by atoms with Crippen molar-refractivity contribution < 1.29 is 4.79 Å². The summed E-state index contributed by atoms with van der Waals surface area (Å²) in [4.78, 5) is 13.8. The fourth-order valence-corrected chi connectivity index (χ4v) is 3.04. The Morgan fingerprint density at radius 3 is 2.47 bits per heavy atom. The number of nitrogens with one attached hydrogen (secondary N) is 1. The highest BCUT2D eigenvalue weighted by atomic mass is 16.1. The highest BCUT2D eigenvalue weighted by molar-refractivity contribution is 6.00. The molecule has 4 nitrogen and oxygen atoms in total. The summed E-state index contributed by atoms with van der Waals surface area (Å²) in [6.45, 7) is 2.13. The van der Waals surface area contributed by atoms with Gasteiger partial charge in [0.25, 0.3) is 0 Å². The summed E-state index contributed by atoms with van der Waals surface area (Å²) in [5, 5.41) is 2.91. The van der Waals surface area contributed by atoms with Crippen LogP contribution in [0.15, 0.2) is 12.1 Å². The van der Waals surface area contributed by atoms with E-state index in [4.69, 9.17) is 5.73 Å². The second-order valence-corrected chi connectivity index (χ2v) is 5.55. The van der Waals surface area contributed by atoms with Crippen molar-refractivity contribution in [2.75, 3.05) is 29.0 Å². The van der Waals surface area contributed by atoms with Gasteiger partial charge in [0.1, 0.15) is 0 Å². The van der Waals surface area contributed by atoms with Crippen LogP contribution in [0.5, 0.6) is 0 Å². The van der Waals surface area contributed by atoms with Gasteiger partial charge in [0.2, 0.25) is 5.91 Å². The van der Waals surface area contributed by atoms with Crippen LogP contribution in [-0.4, -0.2) is 19.0 Å². The molecule has 4 heteroatoms. The molecule has 1 saturated heterocycles. The SMILES string of the molecule is Nc1cc2c(cc1N1CCCCCCC1)NC(=O)C2. The Hall–Kier alpha value is -1.71.